The van der Waals surface area contributed by atoms with Gasteiger partial charge >= 0.3 is 0 Å². The van der Waals surface area contributed by atoms with E-state index in [4.69, 9.17) is 5.41 Å². The van der Waals surface area contributed by atoms with Gasteiger partial charge in [-0.1, -0.05) is 11.8 Å². The molecule has 0 amide bonds. The van der Waals surface area contributed by atoms with Gasteiger partial charge in [-0.15, -0.1) is 34.0 Å². The average molecular weight is 360 g/mol. The molecule has 0 aliphatic rings. The summed E-state index contributed by atoms with van der Waals surface area (Å²) in [7, 11) is 0. The predicted molar refractivity (Wildman–Crippen MR) is 76.8 cm³/mol. The third-order valence-corrected chi connectivity index (χ3v) is 2.21. The zero-order chi connectivity index (χ0) is 9.52. The van der Waals surface area contributed by atoms with Crippen LogP contribution >= 0.6 is 45.7 Å². The summed E-state index contributed by atoms with van der Waals surface area (Å²) in [5.41, 5.74) is 1.08. The van der Waals surface area contributed by atoms with Crippen molar-refractivity contribution in [1.82, 2.24) is 15.3 Å². The maximum Gasteiger partial charge on any atom is 0.153 e. The number of amidine groups is 1. The lowest BCUT2D eigenvalue weighted by molar-refractivity contribution is 0.765. The van der Waals surface area contributed by atoms with Crippen molar-refractivity contribution in [2.75, 3.05) is 12.8 Å². The number of rotatable bonds is 4. The number of nitrogens with one attached hydrogen (secondary N) is 3. The Bertz CT molecular complexity index is 253. The summed E-state index contributed by atoms with van der Waals surface area (Å²) in [5, 5.41) is 10.9. The van der Waals surface area contributed by atoms with Crippen LogP contribution in [-0.2, 0) is 6.42 Å². The zero-order valence-corrected chi connectivity index (χ0v) is 12.7. The molecule has 1 aromatic rings. The van der Waals surface area contributed by atoms with Crippen LogP contribution in [0, 0.1) is 5.41 Å². The fourth-order valence-electron chi connectivity index (χ4n) is 0.971. The molecule has 4 nitrogen and oxygen atoms in total. The first kappa shape index (κ1) is 17.4. The molecule has 0 fully saturated rings. The first-order valence-corrected chi connectivity index (χ1v) is 5.39. The number of thioether (sulfide) groups is 1. The first-order valence-electron chi connectivity index (χ1n) is 4.17. The van der Waals surface area contributed by atoms with Crippen LogP contribution in [0.2, 0.25) is 0 Å². The lowest BCUT2D eigenvalue weighted by Gasteiger charge is -2.03. The second kappa shape index (κ2) is 10.5. The number of hydrogen-bond donors (Lipinski definition) is 3. The summed E-state index contributed by atoms with van der Waals surface area (Å²) in [4.78, 5) is 7.02. The molecule has 15 heavy (non-hydrogen) atoms. The second-order valence-electron chi connectivity index (χ2n) is 2.62. The van der Waals surface area contributed by atoms with Crippen LogP contribution in [0.4, 0.5) is 0 Å². The number of aryl methyl sites for hydroxylation is 1. The number of H-pyrrole nitrogens is 1. The third-order valence-electron chi connectivity index (χ3n) is 1.65. The Kier molecular flexibility index (Phi) is 12.2. The number of halogens is 2. The Balaban J connectivity index is 0. The quantitative estimate of drug-likeness (QED) is 0.439. The van der Waals surface area contributed by atoms with E-state index < -0.39 is 0 Å². The standard InChI is InChI=1S/C8H14N4S.2BrH/c1-13-8(9)11-4-2-3-7-5-10-6-12-7;;/h5-6H,2-4H2,1H3,(H2,9,11)(H,10,12);2*1H. The molecule has 0 aliphatic carbocycles. The van der Waals surface area contributed by atoms with Crippen LogP contribution in [0.1, 0.15) is 12.1 Å². The van der Waals surface area contributed by atoms with Crippen molar-refractivity contribution >= 4 is 50.9 Å². The van der Waals surface area contributed by atoms with Crippen LogP contribution in [0.3, 0.4) is 0 Å². The van der Waals surface area contributed by atoms with Crippen molar-refractivity contribution in [2.45, 2.75) is 12.8 Å². The number of aromatic amines is 1. The van der Waals surface area contributed by atoms with Crippen LogP contribution in [-0.4, -0.2) is 27.9 Å². The lowest BCUT2D eigenvalue weighted by atomic mass is 10.2. The maximum atomic E-state index is 7.32. The minimum absolute atomic E-state index is 0. The zero-order valence-electron chi connectivity index (χ0n) is 8.45. The van der Waals surface area contributed by atoms with Gasteiger partial charge in [0.25, 0.3) is 0 Å². The Morgan fingerprint density at radius 3 is 2.87 bits per heavy atom. The summed E-state index contributed by atoms with van der Waals surface area (Å²) < 4.78 is 0. The second-order valence-corrected chi connectivity index (χ2v) is 3.44. The Hall–Kier alpha value is -0.01000. The van der Waals surface area contributed by atoms with E-state index in [2.05, 4.69) is 15.3 Å². The van der Waals surface area contributed by atoms with Gasteiger partial charge in [0.1, 0.15) is 0 Å². The van der Waals surface area contributed by atoms with Gasteiger partial charge in [0.05, 0.1) is 12.0 Å². The molecule has 0 saturated heterocycles. The van der Waals surface area contributed by atoms with E-state index in [0.29, 0.717) is 5.17 Å². The highest BCUT2D eigenvalue weighted by Gasteiger charge is 1.95. The van der Waals surface area contributed by atoms with E-state index in [1.807, 2.05) is 12.5 Å². The SMILES string of the molecule is Br.Br.CSC(=N)NCCCc1c[nH]cn1. The van der Waals surface area contributed by atoms with Gasteiger partial charge in [0, 0.05) is 12.7 Å². The van der Waals surface area contributed by atoms with E-state index in [1.165, 1.54) is 11.8 Å². The van der Waals surface area contributed by atoms with Crippen molar-refractivity contribution in [3.63, 3.8) is 0 Å². The number of nitrogens with zero attached hydrogens (tertiary/aromatic N) is 1. The molecular weight excluding hydrogens is 344 g/mol. The van der Waals surface area contributed by atoms with Crippen LogP contribution in [0.25, 0.3) is 0 Å². The van der Waals surface area contributed by atoms with Crippen LogP contribution < -0.4 is 5.32 Å². The van der Waals surface area contributed by atoms with Crippen molar-refractivity contribution in [2.24, 2.45) is 0 Å². The fourth-order valence-corrected chi connectivity index (χ4v) is 1.22. The van der Waals surface area contributed by atoms with E-state index in [9.17, 15) is 0 Å². The normalized spacial score (nSPS) is 8.60. The molecule has 1 rings (SSSR count). The van der Waals surface area contributed by atoms with Gasteiger partial charge in [0.15, 0.2) is 5.17 Å². The van der Waals surface area contributed by atoms with Crippen molar-refractivity contribution in [1.29, 1.82) is 5.41 Å². The predicted octanol–water partition coefficient (Wildman–Crippen LogP) is 2.39. The maximum absolute atomic E-state index is 7.32. The molecule has 0 aromatic carbocycles. The summed E-state index contributed by atoms with van der Waals surface area (Å²) in [6.45, 7) is 0.840. The van der Waals surface area contributed by atoms with Gasteiger partial charge in [-0.3, -0.25) is 5.41 Å². The molecule has 0 radical (unpaired) electrons. The molecular formula is C8H16Br2N4S. The summed E-state index contributed by atoms with van der Waals surface area (Å²) in [6.07, 6.45) is 7.45. The van der Waals surface area contributed by atoms with Crippen LogP contribution in [0.5, 0.6) is 0 Å². The van der Waals surface area contributed by atoms with Gasteiger partial charge < -0.3 is 10.3 Å². The van der Waals surface area contributed by atoms with E-state index in [1.54, 1.807) is 6.33 Å². The highest BCUT2D eigenvalue weighted by atomic mass is 79.9. The molecule has 0 saturated carbocycles. The molecule has 3 N–H and O–H groups in total. The van der Waals surface area contributed by atoms with Crippen LogP contribution in [0.15, 0.2) is 12.5 Å². The topological polar surface area (TPSA) is 64.6 Å². The highest BCUT2D eigenvalue weighted by molar-refractivity contribution is 8.93. The average Bonchev–Trinajstić information content (AvgIpc) is 2.64. The van der Waals surface area contributed by atoms with Gasteiger partial charge in [-0.05, 0) is 19.1 Å². The molecule has 7 heteroatoms. The smallest absolute Gasteiger partial charge is 0.153 e. The van der Waals surface area contributed by atoms with E-state index in [0.717, 1.165) is 25.1 Å². The first-order chi connectivity index (χ1) is 6.33. The van der Waals surface area contributed by atoms with Crippen molar-refractivity contribution in [3.8, 4) is 0 Å². The fraction of sp³-hybridized carbons (Fsp3) is 0.500. The highest BCUT2D eigenvalue weighted by Crippen LogP contribution is 1.96. The molecule has 0 bridgehead atoms. The third kappa shape index (κ3) is 7.87. The number of hydrogen-bond acceptors (Lipinski definition) is 3. The largest absolute Gasteiger partial charge is 0.365 e. The molecule has 1 aromatic heterocycles. The van der Waals surface area contributed by atoms with E-state index >= 15 is 0 Å². The summed E-state index contributed by atoms with van der Waals surface area (Å²) >= 11 is 1.42. The van der Waals surface area contributed by atoms with Gasteiger partial charge in [-0.25, -0.2) is 4.98 Å². The Morgan fingerprint density at radius 2 is 2.33 bits per heavy atom. The Morgan fingerprint density at radius 1 is 1.60 bits per heavy atom. The molecule has 1 heterocycles. The minimum atomic E-state index is 0. The minimum Gasteiger partial charge on any atom is -0.365 e. The molecule has 0 unspecified atom stereocenters. The number of imidazole rings is 1. The van der Waals surface area contributed by atoms with E-state index in [-0.39, 0.29) is 34.0 Å². The lowest BCUT2D eigenvalue weighted by Crippen LogP contribution is -2.20. The summed E-state index contributed by atoms with van der Waals surface area (Å²) in [5.74, 6) is 0. The molecule has 0 spiro atoms. The Labute approximate surface area is 115 Å². The van der Waals surface area contributed by atoms with Crippen molar-refractivity contribution < 1.29 is 0 Å². The molecule has 88 valence electrons. The summed E-state index contributed by atoms with van der Waals surface area (Å²) in [6, 6.07) is 0. The van der Waals surface area contributed by atoms with Crippen molar-refractivity contribution in [3.05, 3.63) is 18.2 Å². The monoisotopic (exact) mass is 358 g/mol. The van der Waals surface area contributed by atoms with Gasteiger partial charge in [0.2, 0.25) is 0 Å². The molecule has 0 atom stereocenters. The molecule has 0 aliphatic heterocycles. The van der Waals surface area contributed by atoms with Gasteiger partial charge in [-0.2, -0.15) is 0 Å². The number of aromatic nitrogens is 2.